The molecule has 27 heavy (non-hydrogen) atoms. The number of fused-ring (bicyclic) bond motifs is 4. The smallest absolute Gasteiger partial charge is 0.264 e. The molecule has 2 bridgehead atoms. The van der Waals surface area contributed by atoms with Crippen LogP contribution in [0.5, 0.6) is 5.75 Å². The van der Waals surface area contributed by atoms with Crippen molar-refractivity contribution in [3.8, 4) is 5.75 Å². The average molecular weight is 381 g/mol. The lowest BCUT2D eigenvalue weighted by atomic mass is 9.71. The van der Waals surface area contributed by atoms with Gasteiger partial charge in [-0.25, -0.2) is 8.42 Å². The maximum atomic E-state index is 13.3. The number of methoxy groups -OCH3 is 1. The molecule has 0 saturated carbocycles. The minimum atomic E-state index is -3.61. The topological polar surface area (TPSA) is 46.6 Å². The summed E-state index contributed by atoms with van der Waals surface area (Å²) in [5, 5.41) is 0. The third-order valence-corrected chi connectivity index (χ3v) is 7.45. The fourth-order valence-corrected chi connectivity index (χ4v) is 5.70. The second kappa shape index (κ2) is 6.57. The first-order valence-electron chi connectivity index (χ1n) is 9.03. The van der Waals surface area contributed by atoms with E-state index in [2.05, 4.69) is 12.6 Å². The standard InChI is InChI=1S/C22H23NO3S/c1-4-19-20-11-12-23(27(24,25)18-9-5-15(2)6-10-18)22(19)13-16-7-8-17(26-3)14-21(16)20/h4-12,14,19-20,22H,1,13H2,2-3H3/t19-,20-,22-/m1/s1. The van der Waals surface area contributed by atoms with E-state index in [1.807, 2.05) is 43.3 Å². The Bertz CT molecular complexity index is 1010. The molecule has 1 aliphatic carbocycles. The van der Waals surface area contributed by atoms with E-state index in [4.69, 9.17) is 4.74 Å². The highest BCUT2D eigenvalue weighted by molar-refractivity contribution is 7.89. The fourth-order valence-electron chi connectivity index (χ4n) is 4.18. The molecule has 0 radical (unpaired) electrons. The second-order valence-electron chi connectivity index (χ2n) is 7.16. The van der Waals surface area contributed by atoms with Gasteiger partial charge < -0.3 is 4.74 Å². The van der Waals surface area contributed by atoms with Gasteiger partial charge in [-0.3, -0.25) is 4.31 Å². The molecule has 0 unspecified atom stereocenters. The Morgan fingerprint density at radius 2 is 1.93 bits per heavy atom. The van der Waals surface area contributed by atoms with Crippen LogP contribution in [0.2, 0.25) is 0 Å². The van der Waals surface area contributed by atoms with E-state index in [1.54, 1.807) is 25.4 Å². The molecule has 0 aromatic heterocycles. The van der Waals surface area contributed by atoms with Gasteiger partial charge in [0.25, 0.3) is 10.0 Å². The molecule has 1 aliphatic heterocycles. The Balaban J connectivity index is 1.78. The summed E-state index contributed by atoms with van der Waals surface area (Å²) < 4.78 is 33.5. The Morgan fingerprint density at radius 3 is 2.59 bits per heavy atom. The van der Waals surface area contributed by atoms with Gasteiger partial charge in [0.05, 0.1) is 18.0 Å². The van der Waals surface area contributed by atoms with Gasteiger partial charge in [-0.1, -0.05) is 35.9 Å². The van der Waals surface area contributed by atoms with Crippen molar-refractivity contribution in [3.05, 3.63) is 84.1 Å². The SMILES string of the molecule is C=C[C@H]1[C@H]2Cc3ccc(OC)cc3[C@@H]1C=CN2S(=O)(=O)c1ccc(C)cc1. The summed E-state index contributed by atoms with van der Waals surface area (Å²) in [5.74, 6) is 0.948. The molecule has 4 nitrogen and oxygen atoms in total. The Labute approximate surface area is 160 Å². The first-order chi connectivity index (χ1) is 13.0. The Morgan fingerprint density at radius 1 is 1.19 bits per heavy atom. The first-order valence-corrected chi connectivity index (χ1v) is 10.5. The lowest BCUT2D eigenvalue weighted by Crippen LogP contribution is -2.48. The third kappa shape index (κ3) is 2.86. The van der Waals surface area contributed by atoms with E-state index >= 15 is 0 Å². The fraction of sp³-hybridized carbons (Fsp3) is 0.273. The van der Waals surface area contributed by atoms with Gasteiger partial charge in [-0.2, -0.15) is 0 Å². The van der Waals surface area contributed by atoms with Crippen LogP contribution in [0.1, 0.15) is 22.6 Å². The van der Waals surface area contributed by atoms with E-state index in [-0.39, 0.29) is 17.9 Å². The zero-order valence-electron chi connectivity index (χ0n) is 15.5. The van der Waals surface area contributed by atoms with Gasteiger partial charge in [0.2, 0.25) is 0 Å². The normalized spacial score (nSPS) is 23.6. The number of hydrogen-bond donors (Lipinski definition) is 0. The minimum absolute atomic E-state index is 0.0230. The molecule has 0 spiro atoms. The van der Waals surface area contributed by atoms with Crippen LogP contribution in [0, 0.1) is 12.8 Å². The molecule has 2 aliphatic rings. The van der Waals surface area contributed by atoms with Gasteiger partial charge >= 0.3 is 0 Å². The molecule has 0 fully saturated rings. The van der Waals surface area contributed by atoms with E-state index < -0.39 is 10.0 Å². The van der Waals surface area contributed by atoms with Gasteiger partial charge in [0.1, 0.15) is 5.75 Å². The van der Waals surface area contributed by atoms with Crippen LogP contribution in [0.15, 0.2) is 72.3 Å². The van der Waals surface area contributed by atoms with Crippen molar-refractivity contribution in [1.82, 2.24) is 4.31 Å². The molecular formula is C22H23NO3S. The van der Waals surface area contributed by atoms with Crippen molar-refractivity contribution >= 4 is 10.0 Å². The average Bonchev–Trinajstić information content (AvgIpc) is 2.67. The first kappa shape index (κ1) is 17.9. The van der Waals surface area contributed by atoms with Crippen LogP contribution in [-0.2, 0) is 16.4 Å². The lowest BCUT2D eigenvalue weighted by molar-refractivity contribution is 0.270. The summed E-state index contributed by atoms with van der Waals surface area (Å²) in [7, 11) is -1.96. The summed E-state index contributed by atoms with van der Waals surface area (Å²) in [4.78, 5) is 0.319. The molecule has 4 rings (SSSR count). The van der Waals surface area contributed by atoms with E-state index in [1.165, 1.54) is 9.87 Å². The summed E-state index contributed by atoms with van der Waals surface area (Å²) in [6.45, 7) is 5.94. The molecule has 5 heteroatoms. The van der Waals surface area contributed by atoms with Crippen LogP contribution in [-0.4, -0.2) is 25.9 Å². The molecule has 0 N–H and O–H groups in total. The number of allylic oxidation sites excluding steroid dienone is 1. The predicted octanol–water partition coefficient (Wildman–Crippen LogP) is 4.03. The predicted molar refractivity (Wildman–Crippen MR) is 106 cm³/mol. The van der Waals surface area contributed by atoms with Crippen LogP contribution < -0.4 is 4.74 Å². The highest BCUT2D eigenvalue weighted by Gasteiger charge is 2.43. The molecule has 140 valence electrons. The summed E-state index contributed by atoms with van der Waals surface area (Å²) in [5.41, 5.74) is 3.39. The van der Waals surface area contributed by atoms with Crippen LogP contribution >= 0.6 is 0 Å². The number of ether oxygens (including phenoxy) is 1. The Hall–Kier alpha value is -2.53. The van der Waals surface area contributed by atoms with Crippen molar-refractivity contribution < 1.29 is 13.2 Å². The molecule has 0 saturated heterocycles. The summed E-state index contributed by atoms with van der Waals surface area (Å²) >= 11 is 0. The van der Waals surface area contributed by atoms with Crippen LogP contribution in [0.3, 0.4) is 0 Å². The third-order valence-electron chi connectivity index (χ3n) is 5.64. The molecule has 3 atom stereocenters. The van der Waals surface area contributed by atoms with Crippen molar-refractivity contribution in [3.63, 3.8) is 0 Å². The lowest BCUT2D eigenvalue weighted by Gasteiger charge is -2.45. The van der Waals surface area contributed by atoms with E-state index in [0.717, 1.165) is 16.9 Å². The molecule has 0 amide bonds. The monoisotopic (exact) mass is 381 g/mol. The molecule has 2 aromatic rings. The summed E-state index contributed by atoms with van der Waals surface area (Å²) in [6, 6.07) is 12.9. The Kier molecular flexibility index (Phi) is 4.35. The number of rotatable bonds is 4. The van der Waals surface area contributed by atoms with Gasteiger partial charge in [-0.05, 0) is 48.7 Å². The quantitative estimate of drug-likeness (QED) is 0.751. The maximum absolute atomic E-state index is 13.3. The molecule has 2 aromatic carbocycles. The number of benzene rings is 2. The zero-order chi connectivity index (χ0) is 19.2. The molecular weight excluding hydrogens is 358 g/mol. The highest BCUT2D eigenvalue weighted by Crippen LogP contribution is 2.45. The number of nitrogens with zero attached hydrogens (tertiary/aromatic N) is 1. The van der Waals surface area contributed by atoms with Crippen molar-refractivity contribution in [2.24, 2.45) is 5.92 Å². The van der Waals surface area contributed by atoms with Crippen LogP contribution in [0.25, 0.3) is 0 Å². The highest BCUT2D eigenvalue weighted by atomic mass is 32.2. The van der Waals surface area contributed by atoms with Gasteiger partial charge in [0, 0.05) is 18.0 Å². The van der Waals surface area contributed by atoms with Crippen molar-refractivity contribution in [1.29, 1.82) is 0 Å². The number of aryl methyl sites for hydroxylation is 1. The van der Waals surface area contributed by atoms with Crippen molar-refractivity contribution in [2.75, 3.05) is 7.11 Å². The zero-order valence-corrected chi connectivity index (χ0v) is 16.3. The van der Waals surface area contributed by atoms with Gasteiger partial charge in [-0.15, -0.1) is 6.58 Å². The largest absolute Gasteiger partial charge is 0.497 e. The summed E-state index contributed by atoms with van der Waals surface area (Å²) in [6.07, 6.45) is 6.25. The number of hydrogen-bond acceptors (Lipinski definition) is 3. The van der Waals surface area contributed by atoms with E-state index in [0.29, 0.717) is 11.3 Å². The van der Waals surface area contributed by atoms with Crippen LogP contribution in [0.4, 0.5) is 0 Å². The van der Waals surface area contributed by atoms with Crippen molar-refractivity contribution in [2.45, 2.75) is 30.2 Å². The maximum Gasteiger partial charge on any atom is 0.264 e. The second-order valence-corrected chi connectivity index (χ2v) is 9.01. The molecule has 1 heterocycles. The number of sulfonamides is 1. The van der Waals surface area contributed by atoms with Gasteiger partial charge in [0.15, 0.2) is 0 Å². The minimum Gasteiger partial charge on any atom is -0.497 e. The van der Waals surface area contributed by atoms with E-state index in [9.17, 15) is 8.42 Å².